The summed E-state index contributed by atoms with van der Waals surface area (Å²) in [5.74, 6) is 0.667. The van der Waals surface area contributed by atoms with Crippen LogP contribution in [0.5, 0.6) is 0 Å². The summed E-state index contributed by atoms with van der Waals surface area (Å²) in [7, 11) is 2.06. The van der Waals surface area contributed by atoms with Gasteiger partial charge >= 0.3 is 0 Å². The zero-order valence-electron chi connectivity index (χ0n) is 16.2. The van der Waals surface area contributed by atoms with Gasteiger partial charge in [0.15, 0.2) is 5.65 Å². The van der Waals surface area contributed by atoms with Crippen molar-refractivity contribution in [2.75, 3.05) is 33.2 Å². The second kappa shape index (κ2) is 7.55. The molecule has 1 saturated heterocycles. The van der Waals surface area contributed by atoms with E-state index in [1.165, 1.54) is 0 Å². The van der Waals surface area contributed by atoms with E-state index in [9.17, 15) is 9.59 Å². The minimum Gasteiger partial charge on any atom is -0.340 e. The average Bonchev–Trinajstić information content (AvgIpc) is 3.12. The van der Waals surface area contributed by atoms with Gasteiger partial charge in [-0.25, -0.2) is 9.67 Å². The van der Waals surface area contributed by atoms with E-state index in [-0.39, 0.29) is 11.5 Å². The molecule has 28 heavy (non-hydrogen) atoms. The Balaban J connectivity index is 1.57. The summed E-state index contributed by atoms with van der Waals surface area (Å²) >= 11 is 0. The highest BCUT2D eigenvalue weighted by atomic mass is 16.2. The van der Waals surface area contributed by atoms with E-state index < -0.39 is 0 Å². The van der Waals surface area contributed by atoms with Crippen LogP contribution >= 0.6 is 0 Å². The lowest BCUT2D eigenvalue weighted by Crippen LogP contribution is -2.47. The van der Waals surface area contributed by atoms with E-state index >= 15 is 0 Å². The first kappa shape index (κ1) is 18.4. The molecular weight excluding hydrogens is 356 g/mol. The zero-order chi connectivity index (χ0) is 19.7. The summed E-state index contributed by atoms with van der Waals surface area (Å²) in [6.07, 6.45) is 1.85. The van der Waals surface area contributed by atoms with Crippen LogP contribution < -0.4 is 5.56 Å². The number of rotatable bonds is 4. The minimum absolute atomic E-state index is 0.0828. The van der Waals surface area contributed by atoms with Crippen molar-refractivity contribution in [3.63, 3.8) is 0 Å². The molecule has 0 spiro atoms. The molecule has 0 N–H and O–H groups in total. The van der Waals surface area contributed by atoms with Crippen LogP contribution in [0, 0.1) is 6.92 Å². The van der Waals surface area contributed by atoms with Crippen molar-refractivity contribution in [3.8, 4) is 5.69 Å². The molecule has 1 amide bonds. The number of likely N-dealkylation sites (N-methyl/N-ethyl adjacent to an activating group) is 1. The zero-order valence-corrected chi connectivity index (χ0v) is 16.2. The van der Waals surface area contributed by atoms with E-state index in [4.69, 9.17) is 0 Å². The number of nitrogens with zero attached hydrogens (tertiary/aromatic N) is 6. The van der Waals surface area contributed by atoms with E-state index in [0.717, 1.165) is 31.9 Å². The maximum Gasteiger partial charge on any atom is 0.264 e. The third kappa shape index (κ3) is 3.43. The lowest BCUT2D eigenvalue weighted by atomic mass is 10.2. The topological polar surface area (TPSA) is 76.3 Å². The van der Waals surface area contributed by atoms with Crippen LogP contribution in [-0.4, -0.2) is 68.3 Å². The molecule has 1 aromatic carbocycles. The number of amides is 1. The van der Waals surface area contributed by atoms with Gasteiger partial charge in [-0.2, -0.15) is 5.10 Å². The van der Waals surface area contributed by atoms with Crippen molar-refractivity contribution in [1.29, 1.82) is 0 Å². The minimum atomic E-state index is -0.157. The summed E-state index contributed by atoms with van der Waals surface area (Å²) < 4.78 is 3.25. The first-order valence-corrected chi connectivity index (χ1v) is 9.51. The molecule has 0 saturated carbocycles. The van der Waals surface area contributed by atoms with Gasteiger partial charge < -0.3 is 9.80 Å². The first-order chi connectivity index (χ1) is 13.5. The molecule has 8 heteroatoms. The van der Waals surface area contributed by atoms with Crippen molar-refractivity contribution >= 4 is 16.9 Å². The van der Waals surface area contributed by atoms with Crippen LogP contribution in [-0.2, 0) is 11.3 Å². The van der Waals surface area contributed by atoms with Gasteiger partial charge in [-0.15, -0.1) is 0 Å². The molecule has 8 nitrogen and oxygen atoms in total. The molecule has 4 rings (SSSR count). The molecule has 3 heterocycles. The Morgan fingerprint density at radius 3 is 2.54 bits per heavy atom. The van der Waals surface area contributed by atoms with Gasteiger partial charge in [0, 0.05) is 39.1 Å². The predicted octanol–water partition coefficient (Wildman–Crippen LogP) is 1.05. The predicted molar refractivity (Wildman–Crippen MR) is 107 cm³/mol. The molecule has 0 aliphatic carbocycles. The third-order valence-corrected chi connectivity index (χ3v) is 5.28. The van der Waals surface area contributed by atoms with E-state index in [0.29, 0.717) is 29.8 Å². The lowest BCUT2D eigenvalue weighted by Gasteiger charge is -2.32. The van der Waals surface area contributed by atoms with Gasteiger partial charge in [-0.05, 0) is 26.1 Å². The number of para-hydroxylation sites is 1. The van der Waals surface area contributed by atoms with E-state index in [1.807, 2.05) is 35.2 Å². The maximum atomic E-state index is 13.0. The highest BCUT2D eigenvalue weighted by Crippen LogP contribution is 2.14. The van der Waals surface area contributed by atoms with Gasteiger partial charge in [0.2, 0.25) is 5.91 Å². The molecule has 1 fully saturated rings. The largest absolute Gasteiger partial charge is 0.340 e. The second-order valence-electron chi connectivity index (χ2n) is 7.18. The van der Waals surface area contributed by atoms with Gasteiger partial charge in [-0.3, -0.25) is 14.2 Å². The number of carbonyl (C=O) groups is 1. The Labute approximate surface area is 163 Å². The number of carbonyl (C=O) groups excluding carboxylic acids is 1. The number of hydrogen-bond donors (Lipinski definition) is 0. The molecule has 3 aromatic rings. The number of aryl methyl sites for hydroxylation is 1. The number of fused-ring (bicyclic) bond motifs is 1. The summed E-state index contributed by atoms with van der Waals surface area (Å²) in [4.78, 5) is 34.2. The van der Waals surface area contributed by atoms with Gasteiger partial charge in [0.05, 0.1) is 11.9 Å². The summed E-state index contributed by atoms with van der Waals surface area (Å²) in [5, 5.41) is 4.81. The number of piperazine rings is 1. The highest BCUT2D eigenvalue weighted by Gasteiger charge is 2.20. The molecule has 0 unspecified atom stereocenters. The fourth-order valence-electron chi connectivity index (χ4n) is 3.55. The molecule has 0 bridgehead atoms. The molecule has 1 aliphatic heterocycles. The van der Waals surface area contributed by atoms with Crippen LogP contribution in [0.15, 0.2) is 41.3 Å². The van der Waals surface area contributed by atoms with Crippen LogP contribution in [0.25, 0.3) is 16.7 Å². The Morgan fingerprint density at radius 2 is 1.82 bits per heavy atom. The fourth-order valence-corrected chi connectivity index (χ4v) is 3.55. The normalized spacial score (nSPS) is 15.3. The SMILES string of the molecule is Cc1nc2c(cnn2-c2ccccc2)c(=O)n1CCC(=O)N1CCN(C)CC1. The van der Waals surface area contributed by atoms with Crippen molar-refractivity contribution in [2.45, 2.75) is 19.9 Å². The van der Waals surface area contributed by atoms with Crippen molar-refractivity contribution in [3.05, 3.63) is 52.7 Å². The van der Waals surface area contributed by atoms with E-state index in [1.54, 1.807) is 22.4 Å². The maximum absolute atomic E-state index is 13.0. The number of benzene rings is 1. The van der Waals surface area contributed by atoms with Crippen LogP contribution in [0.2, 0.25) is 0 Å². The quantitative estimate of drug-likeness (QED) is 0.676. The lowest BCUT2D eigenvalue weighted by molar-refractivity contribution is -0.133. The smallest absolute Gasteiger partial charge is 0.264 e. The second-order valence-corrected chi connectivity index (χ2v) is 7.18. The molecular formula is C20H24N6O2. The molecule has 2 aromatic heterocycles. The summed E-state index contributed by atoms with van der Waals surface area (Å²) in [6, 6.07) is 9.60. The first-order valence-electron chi connectivity index (χ1n) is 9.51. The highest BCUT2D eigenvalue weighted by molar-refractivity contribution is 5.77. The number of hydrogen-bond acceptors (Lipinski definition) is 5. The van der Waals surface area contributed by atoms with Crippen LogP contribution in [0.4, 0.5) is 0 Å². The van der Waals surface area contributed by atoms with Crippen molar-refractivity contribution in [2.24, 2.45) is 0 Å². The Kier molecular flexibility index (Phi) is 4.95. The van der Waals surface area contributed by atoms with Gasteiger partial charge in [-0.1, -0.05) is 18.2 Å². The standard InChI is InChI=1S/C20H24N6O2/c1-15-22-19-17(14-21-26(19)16-6-4-3-5-7-16)20(28)25(15)9-8-18(27)24-12-10-23(2)11-13-24/h3-7,14H,8-13H2,1-2H3. The van der Waals surface area contributed by atoms with Crippen molar-refractivity contribution < 1.29 is 4.79 Å². The third-order valence-electron chi connectivity index (χ3n) is 5.28. The monoisotopic (exact) mass is 380 g/mol. The van der Waals surface area contributed by atoms with Gasteiger partial charge in [0.25, 0.3) is 5.56 Å². The molecule has 1 aliphatic rings. The van der Waals surface area contributed by atoms with Crippen molar-refractivity contribution in [1.82, 2.24) is 29.1 Å². The molecule has 146 valence electrons. The Bertz CT molecular complexity index is 1050. The number of aromatic nitrogens is 4. The fraction of sp³-hybridized carbons (Fsp3) is 0.400. The molecule has 0 atom stereocenters. The Hall–Kier alpha value is -3.00. The van der Waals surface area contributed by atoms with E-state index in [2.05, 4.69) is 22.0 Å². The summed E-state index contributed by atoms with van der Waals surface area (Å²) in [5.41, 5.74) is 1.23. The van der Waals surface area contributed by atoms with Crippen LogP contribution in [0.3, 0.4) is 0 Å². The Morgan fingerprint density at radius 1 is 1.11 bits per heavy atom. The van der Waals surface area contributed by atoms with Gasteiger partial charge in [0.1, 0.15) is 11.2 Å². The summed E-state index contributed by atoms with van der Waals surface area (Å²) in [6.45, 7) is 5.38. The van der Waals surface area contributed by atoms with Crippen LogP contribution in [0.1, 0.15) is 12.2 Å². The average molecular weight is 380 g/mol. The molecule has 0 radical (unpaired) electrons.